The van der Waals surface area contributed by atoms with Crippen LogP contribution in [0.3, 0.4) is 0 Å². The molecule has 1 aliphatic heterocycles. The molecule has 1 saturated carbocycles. The van der Waals surface area contributed by atoms with Crippen LogP contribution >= 0.6 is 0 Å². The second kappa shape index (κ2) is 10.9. The summed E-state index contributed by atoms with van der Waals surface area (Å²) in [6, 6.07) is 10.7. The van der Waals surface area contributed by atoms with Crippen molar-refractivity contribution in [1.29, 1.82) is 0 Å². The maximum Gasteiger partial charge on any atom is 0.261 e. The van der Waals surface area contributed by atoms with E-state index in [0.717, 1.165) is 12.8 Å². The second-order valence-electron chi connectivity index (χ2n) is 11.0. The van der Waals surface area contributed by atoms with Crippen molar-refractivity contribution in [2.24, 2.45) is 11.3 Å². The van der Waals surface area contributed by atoms with Crippen LogP contribution in [-0.2, 0) is 10.0 Å². The van der Waals surface area contributed by atoms with Crippen LogP contribution < -0.4 is 9.46 Å². The Kier molecular flexibility index (Phi) is 8.04. The Hall–Kier alpha value is -2.78. The summed E-state index contributed by atoms with van der Waals surface area (Å²) in [7, 11) is -3.65. The van der Waals surface area contributed by atoms with Crippen molar-refractivity contribution in [2.45, 2.75) is 58.9 Å². The van der Waals surface area contributed by atoms with Crippen LogP contribution in [0, 0.1) is 17.2 Å². The summed E-state index contributed by atoms with van der Waals surface area (Å²) in [6.07, 6.45) is 3.62. The van der Waals surface area contributed by atoms with Crippen LogP contribution in [0.4, 0.5) is 4.39 Å². The summed E-state index contributed by atoms with van der Waals surface area (Å²) in [5.74, 6) is -0.542. The molecule has 0 bridgehead atoms. The Morgan fingerprint density at radius 1 is 1.03 bits per heavy atom. The van der Waals surface area contributed by atoms with Gasteiger partial charge in [-0.3, -0.25) is 14.5 Å². The molecule has 1 heterocycles. The highest BCUT2D eigenvalue weighted by molar-refractivity contribution is 7.89. The number of imide groups is 1. The van der Waals surface area contributed by atoms with E-state index < -0.39 is 27.3 Å². The first-order valence-corrected chi connectivity index (χ1v) is 14.5. The zero-order valence-corrected chi connectivity index (χ0v) is 22.4. The normalized spacial score (nSPS) is 16.7. The number of ether oxygens (including phenoxy) is 1. The van der Waals surface area contributed by atoms with Crippen molar-refractivity contribution >= 4 is 21.8 Å². The zero-order valence-electron chi connectivity index (χ0n) is 21.6. The van der Waals surface area contributed by atoms with Crippen LogP contribution in [0.15, 0.2) is 42.5 Å². The largest absolute Gasteiger partial charge is 0.490 e. The first kappa shape index (κ1) is 27.3. The van der Waals surface area contributed by atoms with Crippen molar-refractivity contribution in [1.82, 2.24) is 9.62 Å². The lowest BCUT2D eigenvalue weighted by atomic mass is 9.83. The fourth-order valence-corrected chi connectivity index (χ4v) is 6.02. The molecule has 4 rings (SSSR count). The molecule has 1 atom stereocenters. The molecule has 1 N–H and O–H groups in total. The minimum atomic E-state index is -3.65. The van der Waals surface area contributed by atoms with Gasteiger partial charge in [-0.2, -0.15) is 0 Å². The molecule has 7 nitrogen and oxygen atoms in total. The molecule has 0 aromatic heterocycles. The number of halogens is 1. The summed E-state index contributed by atoms with van der Waals surface area (Å²) in [6.45, 7) is 6.50. The monoisotopic (exact) mass is 530 g/mol. The summed E-state index contributed by atoms with van der Waals surface area (Å²) in [5, 5.41) is 0. The predicted octanol–water partition coefficient (Wildman–Crippen LogP) is 5.09. The van der Waals surface area contributed by atoms with Crippen LogP contribution in [0.5, 0.6) is 5.75 Å². The zero-order chi connectivity index (χ0) is 26.8. The Morgan fingerprint density at radius 3 is 2.27 bits per heavy atom. The van der Waals surface area contributed by atoms with E-state index in [1.54, 1.807) is 36.4 Å². The SMILES string of the molecule is CC(C)(C)C(NS(=O)(=O)CCCCCN1C(=O)c2ccccc2C1=O)c1ccc(F)c(OCC2CC2)c1. The lowest BCUT2D eigenvalue weighted by molar-refractivity contribution is 0.0651. The summed E-state index contributed by atoms with van der Waals surface area (Å²) < 4.78 is 48.7. The van der Waals surface area contributed by atoms with Crippen LogP contribution in [0.25, 0.3) is 0 Å². The molecule has 1 unspecified atom stereocenters. The quantitative estimate of drug-likeness (QED) is 0.305. The number of fused-ring (bicyclic) bond motifs is 1. The van der Waals surface area contributed by atoms with E-state index >= 15 is 0 Å². The van der Waals surface area contributed by atoms with Gasteiger partial charge in [0.1, 0.15) is 0 Å². The molecular weight excluding hydrogens is 495 g/mol. The molecule has 37 heavy (non-hydrogen) atoms. The maximum absolute atomic E-state index is 14.3. The van der Waals surface area contributed by atoms with E-state index in [4.69, 9.17) is 4.74 Å². The van der Waals surface area contributed by atoms with E-state index in [1.165, 1.54) is 11.0 Å². The second-order valence-corrected chi connectivity index (χ2v) is 12.9. The van der Waals surface area contributed by atoms with E-state index in [9.17, 15) is 22.4 Å². The Balaban J connectivity index is 1.31. The number of hydrogen-bond donors (Lipinski definition) is 1. The Morgan fingerprint density at radius 2 is 1.68 bits per heavy atom. The standard InChI is InChI=1S/C28H35FN2O5S/c1-28(2,3)25(20-13-14-23(29)24(17-20)36-18-19-11-12-19)30-37(34,35)16-8-4-7-15-31-26(32)21-9-5-6-10-22(21)27(31)33/h5-6,9-10,13-14,17,19,25,30H,4,7-8,11-12,15-16,18H2,1-3H3. The number of unbranched alkanes of at least 4 members (excludes halogenated alkanes) is 2. The molecule has 2 aromatic rings. The third kappa shape index (κ3) is 6.76. The van der Waals surface area contributed by atoms with Gasteiger partial charge < -0.3 is 4.74 Å². The third-order valence-corrected chi connectivity index (χ3v) is 8.22. The van der Waals surface area contributed by atoms with Crippen molar-refractivity contribution in [3.63, 3.8) is 0 Å². The highest BCUT2D eigenvalue weighted by Crippen LogP contribution is 2.36. The van der Waals surface area contributed by atoms with Crippen LogP contribution in [0.1, 0.15) is 85.2 Å². The molecule has 1 aliphatic carbocycles. The van der Waals surface area contributed by atoms with Crippen molar-refractivity contribution in [2.75, 3.05) is 18.9 Å². The molecule has 2 amide bonds. The minimum Gasteiger partial charge on any atom is -0.490 e. The summed E-state index contributed by atoms with van der Waals surface area (Å²) >= 11 is 0. The number of amides is 2. The topological polar surface area (TPSA) is 92.8 Å². The van der Waals surface area contributed by atoms with Gasteiger partial charge >= 0.3 is 0 Å². The molecule has 9 heteroatoms. The van der Waals surface area contributed by atoms with Gasteiger partial charge in [0.2, 0.25) is 10.0 Å². The number of benzene rings is 2. The molecule has 2 aliphatic rings. The van der Waals surface area contributed by atoms with E-state index in [1.807, 2.05) is 20.8 Å². The van der Waals surface area contributed by atoms with Gasteiger partial charge in [0.05, 0.1) is 29.5 Å². The van der Waals surface area contributed by atoms with Gasteiger partial charge in [0, 0.05) is 6.54 Å². The molecule has 1 fully saturated rings. The van der Waals surface area contributed by atoms with Crippen molar-refractivity contribution in [3.8, 4) is 5.75 Å². The predicted molar refractivity (Wildman–Crippen MR) is 139 cm³/mol. The first-order valence-electron chi connectivity index (χ1n) is 12.8. The molecule has 0 radical (unpaired) electrons. The lowest BCUT2D eigenvalue weighted by Gasteiger charge is -2.32. The average molecular weight is 531 g/mol. The fraction of sp³-hybridized carbons (Fsp3) is 0.500. The van der Waals surface area contributed by atoms with Crippen molar-refractivity contribution in [3.05, 3.63) is 65.0 Å². The number of carbonyl (C=O) groups excluding carboxylic acids is 2. The fourth-order valence-electron chi connectivity index (χ4n) is 4.47. The summed E-state index contributed by atoms with van der Waals surface area (Å²) in [5.41, 5.74) is 1.00. The highest BCUT2D eigenvalue weighted by Gasteiger charge is 2.35. The number of hydrogen-bond acceptors (Lipinski definition) is 5. The molecule has 200 valence electrons. The number of sulfonamides is 1. The third-order valence-electron chi connectivity index (χ3n) is 6.80. The Bertz CT molecular complexity index is 1230. The van der Waals surface area contributed by atoms with Gasteiger partial charge in [-0.25, -0.2) is 17.5 Å². The number of nitrogens with zero attached hydrogens (tertiary/aromatic N) is 1. The van der Waals surface area contributed by atoms with E-state index in [2.05, 4.69) is 4.72 Å². The van der Waals surface area contributed by atoms with Crippen LogP contribution in [0.2, 0.25) is 0 Å². The highest BCUT2D eigenvalue weighted by atomic mass is 32.2. The van der Waals surface area contributed by atoms with Gasteiger partial charge in [0.25, 0.3) is 11.8 Å². The number of nitrogens with one attached hydrogen (secondary N) is 1. The summed E-state index contributed by atoms with van der Waals surface area (Å²) in [4.78, 5) is 26.2. The van der Waals surface area contributed by atoms with Gasteiger partial charge in [-0.1, -0.05) is 45.4 Å². The molecular formula is C28H35FN2O5S. The van der Waals surface area contributed by atoms with Crippen molar-refractivity contribution < 1.29 is 27.1 Å². The Labute approximate surface area is 218 Å². The van der Waals surface area contributed by atoms with Gasteiger partial charge in [-0.05, 0) is 66.8 Å². The van der Waals surface area contributed by atoms with E-state index in [-0.39, 0.29) is 29.9 Å². The van der Waals surface area contributed by atoms with Crippen LogP contribution in [-0.4, -0.2) is 44.0 Å². The lowest BCUT2D eigenvalue weighted by Crippen LogP contribution is -2.38. The number of rotatable bonds is 12. The van der Waals surface area contributed by atoms with E-state index in [0.29, 0.717) is 48.5 Å². The minimum absolute atomic E-state index is 0.0894. The smallest absolute Gasteiger partial charge is 0.261 e. The first-order chi connectivity index (χ1) is 17.5. The number of carbonyl (C=O) groups is 2. The molecule has 0 spiro atoms. The molecule has 2 aromatic carbocycles. The maximum atomic E-state index is 14.3. The average Bonchev–Trinajstić information content (AvgIpc) is 3.64. The van der Waals surface area contributed by atoms with Gasteiger partial charge in [-0.15, -0.1) is 0 Å². The van der Waals surface area contributed by atoms with Gasteiger partial charge in [0.15, 0.2) is 11.6 Å². The molecule has 0 saturated heterocycles.